The minimum absolute atomic E-state index is 0.116. The summed E-state index contributed by atoms with van der Waals surface area (Å²) in [5, 5.41) is 12.9. The van der Waals surface area contributed by atoms with Crippen molar-refractivity contribution in [3.63, 3.8) is 0 Å². The Hall–Kier alpha value is -3.78. The lowest BCUT2D eigenvalue weighted by Gasteiger charge is -2.16. The number of rotatable bonds is 10. The first-order valence-electron chi connectivity index (χ1n) is 11.3. The molecule has 0 fully saturated rings. The van der Waals surface area contributed by atoms with Gasteiger partial charge in [-0.2, -0.15) is 0 Å². The van der Waals surface area contributed by atoms with E-state index in [0.717, 1.165) is 28.1 Å². The highest BCUT2D eigenvalue weighted by Gasteiger charge is 2.19. The minimum Gasteiger partial charge on any atom is -0.495 e. The Kier molecular flexibility index (Phi) is 8.05. The van der Waals surface area contributed by atoms with Crippen LogP contribution in [-0.4, -0.2) is 33.6 Å². The van der Waals surface area contributed by atoms with Crippen molar-refractivity contribution in [1.82, 2.24) is 14.8 Å². The number of nitrogens with one attached hydrogen (secondary N) is 1. The quantitative estimate of drug-likeness (QED) is 0.238. The number of benzene rings is 3. The highest BCUT2D eigenvalue weighted by Crippen LogP contribution is 2.29. The Bertz CT molecular complexity index is 1270. The zero-order valence-corrected chi connectivity index (χ0v) is 20.8. The molecule has 0 aliphatic heterocycles. The van der Waals surface area contributed by atoms with Gasteiger partial charge in [0, 0.05) is 5.69 Å². The molecule has 0 saturated carbocycles. The summed E-state index contributed by atoms with van der Waals surface area (Å²) in [6.45, 7) is 4.84. The van der Waals surface area contributed by atoms with Gasteiger partial charge in [0.05, 0.1) is 25.1 Å². The van der Waals surface area contributed by atoms with Crippen molar-refractivity contribution in [3.05, 3.63) is 95.3 Å². The third kappa shape index (κ3) is 6.02. The molecule has 0 aliphatic rings. The van der Waals surface area contributed by atoms with Crippen molar-refractivity contribution >= 4 is 23.4 Å². The highest BCUT2D eigenvalue weighted by molar-refractivity contribution is 7.99. The maximum absolute atomic E-state index is 12.4. The smallest absolute Gasteiger partial charge is 0.316 e. The number of carbonyl (C=O) groups is 1. The third-order valence-corrected chi connectivity index (χ3v) is 6.40. The minimum atomic E-state index is -0.316. The number of ether oxygens (including phenoxy) is 2. The summed E-state index contributed by atoms with van der Waals surface area (Å²) in [7, 11) is 1.63. The Morgan fingerprint density at radius 1 is 0.943 bits per heavy atom. The van der Waals surface area contributed by atoms with Crippen LogP contribution in [0.5, 0.6) is 5.75 Å². The van der Waals surface area contributed by atoms with Crippen molar-refractivity contribution < 1.29 is 14.3 Å². The van der Waals surface area contributed by atoms with E-state index in [2.05, 4.69) is 41.5 Å². The molecule has 1 aromatic heterocycles. The van der Waals surface area contributed by atoms with Crippen LogP contribution < -0.4 is 10.1 Å². The van der Waals surface area contributed by atoms with E-state index in [1.54, 1.807) is 7.11 Å². The maximum Gasteiger partial charge on any atom is 0.316 e. The number of hydrogen-bond acceptors (Lipinski definition) is 7. The van der Waals surface area contributed by atoms with Crippen LogP contribution in [0.15, 0.2) is 78.0 Å². The molecular formula is C27H28N4O3S. The predicted octanol–water partition coefficient (Wildman–Crippen LogP) is 5.34. The van der Waals surface area contributed by atoms with Gasteiger partial charge in [-0.05, 0) is 42.7 Å². The second-order valence-electron chi connectivity index (χ2n) is 7.96. The first-order chi connectivity index (χ1) is 17.1. The molecule has 0 atom stereocenters. The number of aromatic nitrogens is 3. The van der Waals surface area contributed by atoms with Gasteiger partial charge >= 0.3 is 5.97 Å². The van der Waals surface area contributed by atoms with Crippen molar-refractivity contribution in [2.45, 2.75) is 32.2 Å². The van der Waals surface area contributed by atoms with Gasteiger partial charge in [-0.15, -0.1) is 10.2 Å². The van der Waals surface area contributed by atoms with E-state index >= 15 is 0 Å². The Morgan fingerprint density at radius 2 is 1.66 bits per heavy atom. The van der Waals surface area contributed by atoms with E-state index in [9.17, 15) is 4.79 Å². The molecule has 8 heteroatoms. The van der Waals surface area contributed by atoms with Gasteiger partial charge in [-0.25, -0.2) is 0 Å². The summed E-state index contributed by atoms with van der Waals surface area (Å²) < 4.78 is 12.9. The highest BCUT2D eigenvalue weighted by atomic mass is 32.2. The number of hydrogen-bond donors (Lipinski definition) is 1. The van der Waals surface area contributed by atoms with E-state index < -0.39 is 0 Å². The molecule has 3 aromatic carbocycles. The molecule has 4 rings (SSSR count). The van der Waals surface area contributed by atoms with Gasteiger partial charge in [0.2, 0.25) is 0 Å². The van der Waals surface area contributed by atoms with Gasteiger partial charge in [0.1, 0.15) is 12.4 Å². The van der Waals surface area contributed by atoms with E-state index in [1.165, 1.54) is 11.8 Å². The van der Waals surface area contributed by atoms with Gasteiger partial charge in [0.25, 0.3) is 0 Å². The van der Waals surface area contributed by atoms with E-state index in [4.69, 9.17) is 9.47 Å². The SMILES string of the molecule is COc1ccccc1-n1c(CNc2c(C)cccc2C)nnc1SCC(=O)OCc1ccccc1. The molecule has 0 aliphatic carbocycles. The molecule has 0 radical (unpaired) electrons. The fourth-order valence-corrected chi connectivity index (χ4v) is 4.49. The van der Waals surface area contributed by atoms with Crippen LogP contribution >= 0.6 is 11.8 Å². The largest absolute Gasteiger partial charge is 0.495 e. The van der Waals surface area contributed by atoms with E-state index in [1.807, 2.05) is 65.2 Å². The topological polar surface area (TPSA) is 78.3 Å². The average Bonchev–Trinajstić information content (AvgIpc) is 3.29. The lowest BCUT2D eigenvalue weighted by molar-refractivity contribution is -0.141. The normalized spacial score (nSPS) is 10.7. The lowest BCUT2D eigenvalue weighted by atomic mass is 10.1. The molecule has 1 N–H and O–H groups in total. The number of methoxy groups -OCH3 is 1. The van der Waals surface area contributed by atoms with Crippen LogP contribution in [-0.2, 0) is 22.7 Å². The molecule has 7 nitrogen and oxygen atoms in total. The van der Waals surface area contributed by atoms with Gasteiger partial charge in [-0.3, -0.25) is 9.36 Å². The van der Waals surface area contributed by atoms with Crippen LogP contribution in [0.1, 0.15) is 22.5 Å². The van der Waals surface area contributed by atoms with Crippen LogP contribution in [0.4, 0.5) is 5.69 Å². The summed E-state index contributed by atoms with van der Waals surface area (Å²) in [6, 6.07) is 23.5. The molecule has 0 spiro atoms. The monoisotopic (exact) mass is 488 g/mol. The number of anilines is 1. The van der Waals surface area contributed by atoms with E-state index in [-0.39, 0.29) is 18.3 Å². The molecule has 35 heavy (non-hydrogen) atoms. The third-order valence-electron chi connectivity index (χ3n) is 5.49. The zero-order valence-electron chi connectivity index (χ0n) is 20.0. The summed E-state index contributed by atoms with van der Waals surface area (Å²) in [6.07, 6.45) is 0. The van der Waals surface area contributed by atoms with Gasteiger partial charge < -0.3 is 14.8 Å². The molecule has 0 unspecified atom stereocenters. The summed E-state index contributed by atoms with van der Waals surface area (Å²) in [5.74, 6) is 1.19. The first-order valence-corrected chi connectivity index (χ1v) is 12.3. The molecule has 180 valence electrons. The van der Waals surface area contributed by atoms with Crippen molar-refractivity contribution in [2.24, 2.45) is 0 Å². The fraction of sp³-hybridized carbons (Fsp3) is 0.222. The van der Waals surface area contributed by atoms with Crippen molar-refractivity contribution in [3.8, 4) is 11.4 Å². The van der Waals surface area contributed by atoms with Crippen LogP contribution in [0.25, 0.3) is 5.69 Å². The molecule has 4 aromatic rings. The number of thioether (sulfide) groups is 1. The number of para-hydroxylation sites is 3. The van der Waals surface area contributed by atoms with Crippen LogP contribution in [0.3, 0.4) is 0 Å². The van der Waals surface area contributed by atoms with Crippen molar-refractivity contribution in [2.75, 3.05) is 18.2 Å². The average molecular weight is 489 g/mol. The molecular weight excluding hydrogens is 460 g/mol. The second kappa shape index (κ2) is 11.6. The molecule has 0 bridgehead atoms. The Morgan fingerprint density at radius 3 is 2.40 bits per heavy atom. The number of aryl methyl sites for hydroxylation is 2. The fourth-order valence-electron chi connectivity index (χ4n) is 3.73. The summed E-state index contributed by atoms with van der Waals surface area (Å²) in [4.78, 5) is 12.4. The van der Waals surface area contributed by atoms with Crippen molar-refractivity contribution in [1.29, 1.82) is 0 Å². The van der Waals surface area contributed by atoms with Crippen LogP contribution in [0.2, 0.25) is 0 Å². The number of esters is 1. The predicted molar refractivity (Wildman–Crippen MR) is 138 cm³/mol. The Balaban J connectivity index is 1.54. The maximum atomic E-state index is 12.4. The number of nitrogens with zero attached hydrogens (tertiary/aromatic N) is 3. The molecule has 0 amide bonds. The standard InChI is InChI=1S/C27H28N4O3S/c1-19-10-9-11-20(2)26(19)28-16-24-29-30-27(31(24)22-14-7-8-15-23(22)33-3)35-18-25(32)34-17-21-12-5-4-6-13-21/h4-15,28H,16-18H2,1-3H3. The van der Waals surface area contributed by atoms with E-state index in [0.29, 0.717) is 23.3 Å². The van der Waals surface area contributed by atoms with Crippen LogP contribution in [0, 0.1) is 13.8 Å². The number of carbonyl (C=O) groups excluding carboxylic acids is 1. The molecule has 0 saturated heterocycles. The second-order valence-corrected chi connectivity index (χ2v) is 8.90. The zero-order chi connectivity index (χ0) is 24.6. The van der Waals surface area contributed by atoms with Gasteiger partial charge in [-0.1, -0.05) is 72.4 Å². The first kappa shape index (κ1) is 24.3. The molecule has 1 heterocycles. The summed E-state index contributed by atoms with van der Waals surface area (Å²) in [5.41, 5.74) is 5.13. The lowest BCUT2D eigenvalue weighted by Crippen LogP contribution is -2.12. The van der Waals surface area contributed by atoms with Gasteiger partial charge in [0.15, 0.2) is 11.0 Å². The summed E-state index contributed by atoms with van der Waals surface area (Å²) >= 11 is 1.28. The Labute approximate surface area is 209 Å².